The zero-order valence-electron chi connectivity index (χ0n) is 15.7. The van der Waals surface area contributed by atoms with Crippen molar-refractivity contribution in [3.63, 3.8) is 0 Å². The van der Waals surface area contributed by atoms with Crippen LogP contribution in [0.25, 0.3) is 0 Å². The van der Waals surface area contributed by atoms with E-state index in [-0.39, 0.29) is 29.6 Å². The fourth-order valence-electron chi connectivity index (χ4n) is 3.60. The number of hydrogen-bond donors (Lipinski definition) is 2. The van der Waals surface area contributed by atoms with Crippen molar-refractivity contribution in [2.75, 3.05) is 26.2 Å². The molecule has 2 saturated heterocycles. The standard InChI is InChI=1S/C18H34N4O2/c1-5-10-21-11-6-7-15(21)16(23)19-14-8-12-22(13-9-14)17(24)20-18(2,3)4/h14-15H,5-13H2,1-4H3,(H,19,23)(H,20,24). The van der Waals surface area contributed by atoms with Crippen molar-refractivity contribution in [2.24, 2.45) is 0 Å². The third kappa shape index (κ3) is 5.36. The number of nitrogens with zero attached hydrogens (tertiary/aromatic N) is 2. The Morgan fingerprint density at radius 2 is 1.75 bits per heavy atom. The quantitative estimate of drug-likeness (QED) is 0.823. The van der Waals surface area contributed by atoms with Gasteiger partial charge in [-0.1, -0.05) is 6.92 Å². The molecule has 6 nitrogen and oxygen atoms in total. The molecule has 2 aliphatic heterocycles. The molecule has 0 aromatic rings. The van der Waals surface area contributed by atoms with Gasteiger partial charge in [-0.3, -0.25) is 9.69 Å². The van der Waals surface area contributed by atoms with E-state index in [0.717, 1.165) is 45.2 Å². The van der Waals surface area contributed by atoms with E-state index in [9.17, 15) is 9.59 Å². The summed E-state index contributed by atoms with van der Waals surface area (Å²) in [5.41, 5.74) is -0.215. The summed E-state index contributed by atoms with van der Waals surface area (Å²) in [5, 5.41) is 6.22. The first kappa shape index (κ1) is 19.0. The summed E-state index contributed by atoms with van der Waals surface area (Å²) < 4.78 is 0. The molecule has 3 amide bonds. The Hall–Kier alpha value is -1.30. The van der Waals surface area contributed by atoms with Crippen molar-refractivity contribution in [2.45, 2.75) is 77.4 Å². The maximum Gasteiger partial charge on any atom is 0.317 e. The molecule has 2 fully saturated rings. The molecule has 1 unspecified atom stereocenters. The van der Waals surface area contributed by atoms with Gasteiger partial charge in [0.2, 0.25) is 5.91 Å². The monoisotopic (exact) mass is 338 g/mol. The van der Waals surface area contributed by atoms with Crippen LogP contribution in [0, 0.1) is 0 Å². The highest BCUT2D eigenvalue weighted by Gasteiger charge is 2.32. The molecule has 0 radical (unpaired) electrons. The van der Waals surface area contributed by atoms with Gasteiger partial charge in [-0.05, 0) is 66.0 Å². The van der Waals surface area contributed by atoms with Gasteiger partial charge in [0.25, 0.3) is 0 Å². The van der Waals surface area contributed by atoms with Crippen LogP contribution in [-0.4, -0.2) is 65.5 Å². The number of carbonyl (C=O) groups excluding carboxylic acids is 2. The number of hydrogen-bond acceptors (Lipinski definition) is 3. The second-order valence-corrected chi connectivity index (χ2v) is 8.14. The zero-order chi connectivity index (χ0) is 17.7. The minimum Gasteiger partial charge on any atom is -0.352 e. The van der Waals surface area contributed by atoms with Crippen LogP contribution in [0.3, 0.4) is 0 Å². The molecular weight excluding hydrogens is 304 g/mol. The van der Waals surface area contributed by atoms with E-state index in [4.69, 9.17) is 0 Å². The molecule has 0 aliphatic carbocycles. The molecule has 0 aromatic heterocycles. The fraction of sp³-hybridized carbons (Fsp3) is 0.889. The van der Waals surface area contributed by atoms with Crippen LogP contribution >= 0.6 is 0 Å². The molecule has 2 rings (SSSR count). The van der Waals surface area contributed by atoms with Gasteiger partial charge in [-0.15, -0.1) is 0 Å². The predicted molar refractivity (Wildman–Crippen MR) is 95.9 cm³/mol. The van der Waals surface area contributed by atoms with E-state index in [1.165, 1.54) is 0 Å². The summed E-state index contributed by atoms with van der Waals surface area (Å²) in [6.45, 7) is 11.6. The molecule has 138 valence electrons. The average molecular weight is 338 g/mol. The summed E-state index contributed by atoms with van der Waals surface area (Å²) in [6.07, 6.45) is 4.85. The van der Waals surface area contributed by atoms with Crippen LogP contribution in [-0.2, 0) is 4.79 Å². The lowest BCUT2D eigenvalue weighted by Gasteiger charge is -2.35. The molecular formula is C18H34N4O2. The second-order valence-electron chi connectivity index (χ2n) is 8.14. The van der Waals surface area contributed by atoms with Crippen LogP contribution < -0.4 is 10.6 Å². The topological polar surface area (TPSA) is 64.7 Å². The molecule has 1 atom stereocenters. The Morgan fingerprint density at radius 1 is 1.08 bits per heavy atom. The number of likely N-dealkylation sites (tertiary alicyclic amines) is 2. The maximum atomic E-state index is 12.6. The van der Waals surface area contributed by atoms with E-state index < -0.39 is 0 Å². The van der Waals surface area contributed by atoms with Crippen molar-refractivity contribution in [3.8, 4) is 0 Å². The smallest absolute Gasteiger partial charge is 0.317 e. The lowest BCUT2D eigenvalue weighted by atomic mass is 10.0. The molecule has 2 N–H and O–H groups in total. The molecule has 2 heterocycles. The summed E-state index contributed by atoms with van der Waals surface area (Å²) in [6, 6.07) is 0.240. The zero-order valence-corrected chi connectivity index (χ0v) is 15.7. The lowest BCUT2D eigenvalue weighted by molar-refractivity contribution is -0.126. The van der Waals surface area contributed by atoms with Gasteiger partial charge in [-0.25, -0.2) is 4.79 Å². The van der Waals surface area contributed by atoms with Gasteiger partial charge >= 0.3 is 6.03 Å². The lowest BCUT2D eigenvalue weighted by Crippen LogP contribution is -2.54. The number of amides is 3. The predicted octanol–water partition coefficient (Wildman–Crippen LogP) is 1.95. The molecule has 0 aromatic carbocycles. The summed E-state index contributed by atoms with van der Waals surface area (Å²) in [4.78, 5) is 28.9. The van der Waals surface area contributed by atoms with Crippen molar-refractivity contribution in [1.29, 1.82) is 0 Å². The second kappa shape index (κ2) is 8.19. The first-order valence-electron chi connectivity index (χ1n) is 9.41. The first-order chi connectivity index (χ1) is 11.3. The van der Waals surface area contributed by atoms with Gasteiger partial charge in [0.05, 0.1) is 6.04 Å². The van der Waals surface area contributed by atoms with Gasteiger partial charge in [0.1, 0.15) is 0 Å². The number of urea groups is 1. The van der Waals surface area contributed by atoms with Gasteiger partial charge < -0.3 is 15.5 Å². The minimum absolute atomic E-state index is 0.00260. The summed E-state index contributed by atoms with van der Waals surface area (Å²) in [7, 11) is 0. The van der Waals surface area contributed by atoms with Crippen molar-refractivity contribution in [3.05, 3.63) is 0 Å². The number of nitrogens with one attached hydrogen (secondary N) is 2. The van der Waals surface area contributed by atoms with Crippen LogP contribution in [0.1, 0.15) is 59.8 Å². The summed E-state index contributed by atoms with van der Waals surface area (Å²) >= 11 is 0. The van der Waals surface area contributed by atoms with Crippen molar-refractivity contribution in [1.82, 2.24) is 20.4 Å². The third-order valence-electron chi connectivity index (χ3n) is 4.79. The number of piperidine rings is 1. The van der Waals surface area contributed by atoms with E-state index in [1.807, 2.05) is 25.7 Å². The molecule has 6 heteroatoms. The van der Waals surface area contributed by atoms with Crippen LogP contribution in [0.2, 0.25) is 0 Å². The highest BCUT2D eigenvalue weighted by Crippen LogP contribution is 2.19. The van der Waals surface area contributed by atoms with Crippen molar-refractivity contribution < 1.29 is 9.59 Å². The molecule has 2 aliphatic rings. The Kier molecular flexibility index (Phi) is 6.49. The van der Waals surface area contributed by atoms with E-state index >= 15 is 0 Å². The van der Waals surface area contributed by atoms with Crippen LogP contribution in [0.5, 0.6) is 0 Å². The average Bonchev–Trinajstić information content (AvgIpc) is 2.95. The fourth-order valence-corrected chi connectivity index (χ4v) is 3.60. The molecule has 0 saturated carbocycles. The largest absolute Gasteiger partial charge is 0.352 e. The normalized spacial score (nSPS) is 23.3. The highest BCUT2D eigenvalue weighted by atomic mass is 16.2. The molecule has 0 spiro atoms. The Bertz CT molecular complexity index is 439. The first-order valence-corrected chi connectivity index (χ1v) is 9.41. The van der Waals surface area contributed by atoms with Gasteiger partial charge in [0.15, 0.2) is 0 Å². The number of carbonyl (C=O) groups is 2. The SMILES string of the molecule is CCCN1CCCC1C(=O)NC1CCN(C(=O)NC(C)(C)C)CC1. The third-order valence-corrected chi connectivity index (χ3v) is 4.79. The maximum absolute atomic E-state index is 12.6. The summed E-state index contributed by atoms with van der Waals surface area (Å²) in [5.74, 6) is 0.179. The Labute approximate surface area is 146 Å². The van der Waals surface area contributed by atoms with E-state index in [2.05, 4.69) is 22.5 Å². The van der Waals surface area contributed by atoms with Crippen molar-refractivity contribution >= 4 is 11.9 Å². The highest BCUT2D eigenvalue weighted by molar-refractivity contribution is 5.82. The molecule has 0 bridgehead atoms. The Balaban J connectivity index is 1.76. The van der Waals surface area contributed by atoms with Crippen LogP contribution in [0.4, 0.5) is 4.79 Å². The van der Waals surface area contributed by atoms with E-state index in [1.54, 1.807) is 0 Å². The van der Waals surface area contributed by atoms with Crippen LogP contribution in [0.15, 0.2) is 0 Å². The Morgan fingerprint density at radius 3 is 2.33 bits per heavy atom. The molecule has 24 heavy (non-hydrogen) atoms. The number of rotatable bonds is 4. The van der Waals surface area contributed by atoms with E-state index in [0.29, 0.717) is 13.1 Å². The van der Waals surface area contributed by atoms with Gasteiger partial charge in [0, 0.05) is 24.7 Å². The van der Waals surface area contributed by atoms with Gasteiger partial charge in [-0.2, -0.15) is 0 Å². The minimum atomic E-state index is -0.215.